The molecule has 1 aromatic heterocycles. The molecule has 0 saturated heterocycles. The van der Waals surface area contributed by atoms with Crippen LogP contribution >= 0.6 is 0 Å². The van der Waals surface area contributed by atoms with Crippen molar-refractivity contribution in [2.45, 2.75) is 25.0 Å². The van der Waals surface area contributed by atoms with Crippen molar-refractivity contribution in [3.63, 3.8) is 0 Å². The minimum Gasteiger partial charge on any atom is -0.480 e. The summed E-state index contributed by atoms with van der Waals surface area (Å²) in [4.78, 5) is 40.0. The molecule has 1 aromatic rings. The van der Waals surface area contributed by atoms with Gasteiger partial charge in [0, 0.05) is 18.2 Å². The van der Waals surface area contributed by atoms with Gasteiger partial charge in [-0.2, -0.15) is 4.79 Å². The van der Waals surface area contributed by atoms with Crippen LogP contribution in [0.4, 0.5) is 4.39 Å². The van der Waals surface area contributed by atoms with Gasteiger partial charge in [0.25, 0.3) is 5.91 Å². The smallest absolute Gasteiger partial charge is 0.326 e. The van der Waals surface area contributed by atoms with Gasteiger partial charge in [-0.3, -0.25) is 14.6 Å². The van der Waals surface area contributed by atoms with Crippen LogP contribution in [0.2, 0.25) is 0 Å². The van der Waals surface area contributed by atoms with E-state index in [1.165, 1.54) is 0 Å². The van der Waals surface area contributed by atoms with Gasteiger partial charge in [0.05, 0.1) is 6.20 Å². The number of halogens is 1. The van der Waals surface area contributed by atoms with Crippen molar-refractivity contribution in [2.75, 3.05) is 0 Å². The maximum atomic E-state index is 13.4. The second-order valence-electron chi connectivity index (χ2n) is 4.45. The summed E-state index contributed by atoms with van der Waals surface area (Å²) in [5.74, 6) is -4.13. The fourth-order valence-corrected chi connectivity index (χ4v) is 1.67. The second kappa shape index (κ2) is 8.47. The number of hydrogen-bond acceptors (Lipinski definition) is 5. The van der Waals surface area contributed by atoms with Crippen LogP contribution in [-0.2, 0) is 14.4 Å². The molecule has 0 radical (unpaired) electrons. The fraction of sp³-hybridized carbons (Fsp3) is 0.308. The number of rotatable bonds is 8. The van der Waals surface area contributed by atoms with E-state index in [0.29, 0.717) is 6.21 Å². The van der Waals surface area contributed by atoms with Crippen LogP contribution in [0.3, 0.4) is 0 Å². The number of aliphatic carboxylic acids is 1. The Morgan fingerprint density at radius 2 is 2.17 bits per heavy atom. The Morgan fingerprint density at radius 1 is 1.48 bits per heavy atom. The molecule has 0 spiro atoms. The number of amides is 1. The molecular weight excluding hydrogens is 311 g/mol. The largest absolute Gasteiger partial charge is 0.480 e. The summed E-state index contributed by atoms with van der Waals surface area (Å²) in [6, 6.07) is -0.394. The number of aromatic nitrogens is 1. The second-order valence-corrected chi connectivity index (χ2v) is 4.45. The summed E-state index contributed by atoms with van der Waals surface area (Å²) in [6.45, 7) is 0. The summed E-state index contributed by atoms with van der Waals surface area (Å²) in [6.07, 6.45) is 0.0409. The molecule has 0 aliphatic heterocycles. The first-order chi connectivity index (χ1) is 10.9. The number of nitrogens with one attached hydrogen (secondary N) is 1. The van der Waals surface area contributed by atoms with Gasteiger partial charge in [-0.05, 0) is 12.5 Å². The highest BCUT2D eigenvalue weighted by atomic mass is 19.1. The monoisotopic (exact) mass is 324 g/mol. The first kappa shape index (κ1) is 18.1. The maximum absolute atomic E-state index is 13.4. The summed E-state index contributed by atoms with van der Waals surface area (Å²) in [5, 5.41) is 20.8. The molecule has 1 heterocycles. The number of carboxylic acids is 1. The number of pyridine rings is 1. The topological polar surface area (TPSA) is 153 Å². The highest BCUT2D eigenvalue weighted by Gasteiger charge is 2.27. The number of carbonyl (C=O) groups excluding carboxylic acids is 2. The van der Waals surface area contributed by atoms with Crippen molar-refractivity contribution in [1.29, 1.82) is 0 Å². The van der Waals surface area contributed by atoms with E-state index in [2.05, 4.69) is 9.77 Å². The molecule has 2 atom stereocenters. The third kappa shape index (κ3) is 5.38. The van der Waals surface area contributed by atoms with Gasteiger partial charge >= 0.3 is 12.2 Å². The lowest BCUT2D eigenvalue weighted by Crippen LogP contribution is -2.43. The Hall–Kier alpha value is -2.97. The lowest BCUT2D eigenvalue weighted by molar-refractivity contribution is -0.143. The predicted octanol–water partition coefficient (Wildman–Crippen LogP) is -0.527. The molecule has 0 saturated carbocycles. The standard InChI is InChI=1S/C13H13FN4O5/c14-9-6-16-4-3-8(9)11(20)12(21)18-10(13(22)23)2-1-7(19)5-17-15/h3-6,10-11,20H,1-2H2,(H,18,21)(H,22,23)/t10-,11+/m0/s1. The minimum absolute atomic E-state index is 0.294. The van der Waals surface area contributed by atoms with Crippen molar-refractivity contribution in [2.24, 2.45) is 0 Å². The van der Waals surface area contributed by atoms with E-state index in [0.717, 1.165) is 18.5 Å². The average molecular weight is 324 g/mol. The number of carboxylic acid groups (broad SMARTS) is 1. The number of aliphatic hydroxyl groups excluding tert-OH is 1. The molecular formula is C13H13FN4O5. The van der Waals surface area contributed by atoms with E-state index in [-0.39, 0.29) is 18.4 Å². The van der Waals surface area contributed by atoms with Gasteiger partial charge in [-0.25, -0.2) is 9.18 Å². The van der Waals surface area contributed by atoms with Gasteiger partial charge in [-0.15, -0.1) is 0 Å². The Kier molecular flexibility index (Phi) is 6.66. The van der Waals surface area contributed by atoms with E-state index in [1.54, 1.807) is 0 Å². The van der Waals surface area contributed by atoms with E-state index in [1.807, 2.05) is 5.32 Å². The molecule has 1 amide bonds. The maximum Gasteiger partial charge on any atom is 0.326 e. The van der Waals surface area contributed by atoms with Crippen molar-refractivity contribution in [1.82, 2.24) is 10.3 Å². The predicted molar refractivity (Wildman–Crippen MR) is 72.6 cm³/mol. The lowest BCUT2D eigenvalue weighted by Gasteiger charge is -2.17. The Morgan fingerprint density at radius 3 is 2.74 bits per heavy atom. The summed E-state index contributed by atoms with van der Waals surface area (Å²) < 4.78 is 13.4. The quantitative estimate of drug-likeness (QED) is 0.332. The third-order valence-electron chi connectivity index (χ3n) is 2.84. The number of carbonyl (C=O) groups is 3. The highest BCUT2D eigenvalue weighted by Crippen LogP contribution is 2.16. The molecule has 0 bridgehead atoms. The fourth-order valence-electron chi connectivity index (χ4n) is 1.67. The first-order valence-corrected chi connectivity index (χ1v) is 6.37. The number of hydrogen-bond donors (Lipinski definition) is 3. The van der Waals surface area contributed by atoms with Gasteiger partial charge in [0.15, 0.2) is 6.10 Å². The molecule has 1 rings (SSSR count). The summed E-state index contributed by atoms with van der Waals surface area (Å²) >= 11 is 0. The van der Waals surface area contributed by atoms with Gasteiger partial charge in [-0.1, -0.05) is 0 Å². The summed E-state index contributed by atoms with van der Waals surface area (Å²) in [5.41, 5.74) is 7.81. The zero-order chi connectivity index (χ0) is 17.4. The molecule has 122 valence electrons. The lowest BCUT2D eigenvalue weighted by atomic mass is 10.1. The number of Topliss-reactive ketones (excluding diaryl/α,β-unsaturated/α-hetero) is 1. The van der Waals surface area contributed by atoms with E-state index in [9.17, 15) is 23.9 Å². The zero-order valence-corrected chi connectivity index (χ0v) is 11.7. The van der Waals surface area contributed by atoms with Crippen molar-refractivity contribution in [3.8, 4) is 0 Å². The number of ketones is 1. The summed E-state index contributed by atoms with van der Waals surface area (Å²) in [7, 11) is 0. The van der Waals surface area contributed by atoms with E-state index in [4.69, 9.17) is 10.6 Å². The number of nitrogens with zero attached hydrogens (tertiary/aromatic N) is 3. The molecule has 0 aromatic carbocycles. The highest BCUT2D eigenvalue weighted by molar-refractivity contribution is 6.25. The van der Waals surface area contributed by atoms with Crippen molar-refractivity contribution in [3.05, 3.63) is 35.4 Å². The van der Waals surface area contributed by atoms with Gasteiger partial charge in [0.2, 0.25) is 5.78 Å². The normalized spacial score (nSPS) is 12.6. The molecule has 0 aliphatic carbocycles. The van der Waals surface area contributed by atoms with Crippen LogP contribution in [0.15, 0.2) is 18.5 Å². The molecule has 3 N–H and O–H groups in total. The van der Waals surface area contributed by atoms with Crippen molar-refractivity contribution >= 4 is 23.9 Å². The molecule has 0 unspecified atom stereocenters. The van der Waals surface area contributed by atoms with Gasteiger partial charge in [0.1, 0.15) is 11.9 Å². The van der Waals surface area contributed by atoms with E-state index >= 15 is 0 Å². The van der Waals surface area contributed by atoms with Crippen LogP contribution in [0.5, 0.6) is 0 Å². The molecule has 23 heavy (non-hydrogen) atoms. The van der Waals surface area contributed by atoms with Crippen LogP contribution in [0, 0.1) is 5.82 Å². The molecule has 10 heteroatoms. The van der Waals surface area contributed by atoms with Crippen LogP contribution in [0.1, 0.15) is 24.5 Å². The Bertz CT molecular complexity index is 660. The Balaban J connectivity index is 2.74. The Labute approximate surface area is 129 Å². The SMILES string of the molecule is [N-]=[N+]=CC(=O)CC[C@H](NC(=O)[C@H](O)c1ccncc1F)C(=O)O. The molecule has 9 nitrogen and oxygen atoms in total. The third-order valence-corrected chi connectivity index (χ3v) is 2.84. The van der Waals surface area contributed by atoms with E-state index < -0.39 is 35.6 Å². The average Bonchev–Trinajstić information content (AvgIpc) is 2.51. The minimum atomic E-state index is -1.92. The van der Waals surface area contributed by atoms with Crippen LogP contribution in [0.25, 0.3) is 5.53 Å². The number of aliphatic hydroxyl groups is 1. The zero-order valence-electron chi connectivity index (χ0n) is 11.7. The van der Waals surface area contributed by atoms with Gasteiger partial charge < -0.3 is 21.1 Å². The molecule has 0 aliphatic rings. The van der Waals surface area contributed by atoms with Crippen molar-refractivity contribution < 1.29 is 33.8 Å². The first-order valence-electron chi connectivity index (χ1n) is 6.37. The van der Waals surface area contributed by atoms with Crippen LogP contribution < -0.4 is 5.32 Å². The molecule has 0 fully saturated rings. The van der Waals surface area contributed by atoms with Crippen LogP contribution in [-0.4, -0.2) is 49.9 Å².